The second kappa shape index (κ2) is 9.94. The van der Waals surface area contributed by atoms with Gasteiger partial charge in [0.15, 0.2) is 11.0 Å². The predicted molar refractivity (Wildman–Crippen MR) is 127 cm³/mol. The number of aromatic nitrogens is 3. The Balaban J connectivity index is 1.89. The van der Waals surface area contributed by atoms with E-state index in [0.29, 0.717) is 26.7 Å². The van der Waals surface area contributed by atoms with Gasteiger partial charge in [0.25, 0.3) is 0 Å². The SMILES string of the molecule is Cc1ccccc1CSc1nnc(CNC(=O)NC(C)(C)C)n1-c1cc(Cl)ccc1Cl. The van der Waals surface area contributed by atoms with Crippen molar-refractivity contribution in [1.29, 1.82) is 0 Å². The zero-order valence-corrected chi connectivity index (χ0v) is 20.2. The highest BCUT2D eigenvalue weighted by Gasteiger charge is 2.19. The molecular formula is C22H25Cl2N5OS. The van der Waals surface area contributed by atoms with Gasteiger partial charge in [0, 0.05) is 16.3 Å². The molecular weight excluding hydrogens is 453 g/mol. The van der Waals surface area contributed by atoms with Crippen LogP contribution in [-0.2, 0) is 12.3 Å². The van der Waals surface area contributed by atoms with Crippen LogP contribution in [0.25, 0.3) is 5.69 Å². The molecule has 0 atom stereocenters. The summed E-state index contributed by atoms with van der Waals surface area (Å²) in [7, 11) is 0. The summed E-state index contributed by atoms with van der Waals surface area (Å²) >= 11 is 14.3. The molecule has 6 nitrogen and oxygen atoms in total. The smallest absolute Gasteiger partial charge is 0.315 e. The largest absolute Gasteiger partial charge is 0.334 e. The summed E-state index contributed by atoms with van der Waals surface area (Å²) in [6.07, 6.45) is 0. The van der Waals surface area contributed by atoms with Gasteiger partial charge in [-0.3, -0.25) is 4.57 Å². The first-order valence-corrected chi connectivity index (χ1v) is 11.5. The maximum Gasteiger partial charge on any atom is 0.315 e. The van der Waals surface area contributed by atoms with Gasteiger partial charge < -0.3 is 10.6 Å². The van der Waals surface area contributed by atoms with Crippen molar-refractivity contribution in [2.24, 2.45) is 0 Å². The molecule has 31 heavy (non-hydrogen) atoms. The van der Waals surface area contributed by atoms with E-state index in [2.05, 4.69) is 39.9 Å². The van der Waals surface area contributed by atoms with Crippen LogP contribution in [0.4, 0.5) is 4.79 Å². The Hall–Kier alpha value is -2.22. The van der Waals surface area contributed by atoms with Gasteiger partial charge in [0.1, 0.15) is 0 Å². The molecule has 0 unspecified atom stereocenters. The van der Waals surface area contributed by atoms with E-state index in [4.69, 9.17) is 23.2 Å². The van der Waals surface area contributed by atoms with Crippen LogP contribution >= 0.6 is 35.0 Å². The van der Waals surface area contributed by atoms with Crippen LogP contribution < -0.4 is 10.6 Å². The number of aryl methyl sites for hydroxylation is 1. The van der Waals surface area contributed by atoms with Gasteiger partial charge in [0.2, 0.25) is 0 Å². The highest BCUT2D eigenvalue weighted by atomic mass is 35.5. The molecule has 2 N–H and O–H groups in total. The number of rotatable bonds is 6. The lowest BCUT2D eigenvalue weighted by Gasteiger charge is -2.20. The number of amides is 2. The van der Waals surface area contributed by atoms with Crippen molar-refractivity contribution in [2.75, 3.05) is 0 Å². The second-order valence-corrected chi connectivity index (χ2v) is 9.89. The molecule has 9 heteroatoms. The zero-order valence-electron chi connectivity index (χ0n) is 17.9. The van der Waals surface area contributed by atoms with Gasteiger partial charge in [-0.25, -0.2) is 4.79 Å². The summed E-state index contributed by atoms with van der Waals surface area (Å²) in [5.74, 6) is 1.28. The Morgan fingerprint density at radius 2 is 1.87 bits per heavy atom. The number of halogens is 2. The minimum absolute atomic E-state index is 0.183. The Morgan fingerprint density at radius 1 is 1.13 bits per heavy atom. The summed E-state index contributed by atoms with van der Waals surface area (Å²) in [5, 5.41) is 16.1. The average Bonchev–Trinajstić information content (AvgIpc) is 3.09. The van der Waals surface area contributed by atoms with Gasteiger partial charge in [-0.1, -0.05) is 59.2 Å². The molecule has 0 fully saturated rings. The van der Waals surface area contributed by atoms with Gasteiger partial charge in [-0.2, -0.15) is 0 Å². The highest BCUT2D eigenvalue weighted by molar-refractivity contribution is 7.98. The fourth-order valence-electron chi connectivity index (χ4n) is 2.87. The van der Waals surface area contributed by atoms with Crippen LogP contribution in [0.1, 0.15) is 37.7 Å². The number of hydrogen-bond donors (Lipinski definition) is 2. The van der Waals surface area contributed by atoms with Crippen molar-refractivity contribution in [1.82, 2.24) is 25.4 Å². The third-order valence-corrected chi connectivity index (χ3v) is 5.90. The normalized spacial score (nSPS) is 11.4. The van der Waals surface area contributed by atoms with Crippen LogP contribution in [0.3, 0.4) is 0 Å². The van der Waals surface area contributed by atoms with Crippen molar-refractivity contribution in [3.05, 3.63) is 69.5 Å². The molecule has 0 aliphatic rings. The molecule has 0 aliphatic carbocycles. The van der Waals surface area contributed by atoms with E-state index in [-0.39, 0.29) is 18.1 Å². The number of hydrogen-bond acceptors (Lipinski definition) is 4. The molecule has 0 aliphatic heterocycles. The van der Waals surface area contributed by atoms with Crippen molar-refractivity contribution in [3.63, 3.8) is 0 Å². The van der Waals surface area contributed by atoms with Crippen molar-refractivity contribution in [2.45, 2.75) is 50.7 Å². The van der Waals surface area contributed by atoms with Gasteiger partial charge in [0.05, 0.1) is 17.3 Å². The molecule has 1 heterocycles. The third-order valence-electron chi connectivity index (χ3n) is 4.36. The molecule has 3 aromatic rings. The Labute approximate surface area is 196 Å². The van der Waals surface area contributed by atoms with Gasteiger partial charge >= 0.3 is 6.03 Å². The molecule has 3 rings (SSSR count). The zero-order chi connectivity index (χ0) is 22.6. The number of nitrogens with zero attached hydrogens (tertiary/aromatic N) is 3. The van der Waals surface area contributed by atoms with E-state index in [0.717, 1.165) is 5.75 Å². The fourth-order valence-corrected chi connectivity index (χ4v) is 4.27. The lowest BCUT2D eigenvalue weighted by Crippen LogP contribution is -2.46. The number of carbonyl (C=O) groups excluding carboxylic acids is 1. The summed E-state index contributed by atoms with van der Waals surface area (Å²) in [4.78, 5) is 12.2. The second-order valence-electron chi connectivity index (χ2n) is 8.10. The van der Waals surface area contributed by atoms with Crippen LogP contribution in [0.5, 0.6) is 0 Å². The Morgan fingerprint density at radius 3 is 2.58 bits per heavy atom. The summed E-state index contributed by atoms with van der Waals surface area (Å²) in [5.41, 5.74) is 2.74. The molecule has 2 aromatic carbocycles. The molecule has 0 saturated carbocycles. The first-order chi connectivity index (χ1) is 14.6. The quantitative estimate of drug-likeness (QED) is 0.441. The standard InChI is InChI=1S/C22H25Cl2N5OS/c1-14-7-5-6-8-15(14)13-31-21-28-27-19(12-25-20(30)26-22(2,3)4)29(21)18-11-16(23)9-10-17(18)24/h5-11H,12-13H2,1-4H3,(H2,25,26,30). The summed E-state index contributed by atoms with van der Waals surface area (Å²) < 4.78 is 1.84. The molecule has 2 amide bonds. The topological polar surface area (TPSA) is 71.8 Å². The van der Waals surface area contributed by atoms with E-state index in [1.807, 2.05) is 37.5 Å². The van der Waals surface area contributed by atoms with Crippen LogP contribution in [0.15, 0.2) is 47.6 Å². The van der Waals surface area contributed by atoms with Crippen molar-refractivity contribution < 1.29 is 4.79 Å². The first kappa shape index (κ1) is 23.4. The number of urea groups is 1. The minimum Gasteiger partial charge on any atom is -0.334 e. The molecule has 1 aromatic heterocycles. The number of carbonyl (C=O) groups is 1. The predicted octanol–water partition coefficient (Wildman–Crippen LogP) is 5.77. The summed E-state index contributed by atoms with van der Waals surface area (Å²) in [6, 6.07) is 13.2. The van der Waals surface area contributed by atoms with Gasteiger partial charge in [-0.05, 0) is 57.0 Å². The van der Waals surface area contributed by atoms with Crippen molar-refractivity contribution >= 4 is 41.0 Å². The first-order valence-electron chi connectivity index (χ1n) is 9.77. The van der Waals surface area contributed by atoms with E-state index >= 15 is 0 Å². The monoisotopic (exact) mass is 477 g/mol. The Kier molecular flexibility index (Phi) is 7.51. The van der Waals surface area contributed by atoms with Crippen molar-refractivity contribution in [3.8, 4) is 5.69 Å². The fraction of sp³-hybridized carbons (Fsp3) is 0.318. The molecule has 0 radical (unpaired) electrons. The van der Waals surface area contributed by atoms with Gasteiger partial charge in [-0.15, -0.1) is 10.2 Å². The summed E-state index contributed by atoms with van der Waals surface area (Å²) in [6.45, 7) is 8.02. The van der Waals surface area contributed by atoms with E-state index < -0.39 is 0 Å². The Bertz CT molecular complexity index is 1080. The van der Waals surface area contributed by atoms with Crippen LogP contribution in [-0.4, -0.2) is 26.3 Å². The average molecular weight is 478 g/mol. The van der Waals surface area contributed by atoms with E-state index in [1.165, 1.54) is 11.1 Å². The molecule has 0 spiro atoms. The number of benzene rings is 2. The highest BCUT2D eigenvalue weighted by Crippen LogP contribution is 2.31. The maximum absolute atomic E-state index is 12.2. The third kappa shape index (κ3) is 6.38. The number of nitrogens with one attached hydrogen (secondary N) is 2. The molecule has 0 saturated heterocycles. The van der Waals surface area contributed by atoms with E-state index in [1.54, 1.807) is 30.0 Å². The molecule has 164 valence electrons. The van der Waals surface area contributed by atoms with Crippen LogP contribution in [0, 0.1) is 6.92 Å². The number of thioether (sulfide) groups is 1. The van der Waals surface area contributed by atoms with E-state index in [9.17, 15) is 4.79 Å². The minimum atomic E-state index is -0.345. The maximum atomic E-state index is 12.2. The molecule has 0 bridgehead atoms. The lowest BCUT2D eigenvalue weighted by molar-refractivity contribution is 0.231. The van der Waals surface area contributed by atoms with Crippen LogP contribution in [0.2, 0.25) is 10.0 Å². The lowest BCUT2D eigenvalue weighted by atomic mass is 10.1.